The average molecular weight is 345 g/mol. The molecule has 1 amide bonds. The second kappa shape index (κ2) is 8.16. The first-order chi connectivity index (χ1) is 12.1. The number of aromatic nitrogens is 1. The molecule has 1 unspecified atom stereocenters. The summed E-state index contributed by atoms with van der Waals surface area (Å²) < 4.78 is 27.7. The Morgan fingerprint density at radius 2 is 1.96 bits per heavy atom. The zero-order valence-corrected chi connectivity index (χ0v) is 13.9. The third kappa shape index (κ3) is 4.39. The second-order valence-corrected chi connectivity index (χ2v) is 6.20. The molecule has 1 saturated heterocycles. The van der Waals surface area contributed by atoms with Gasteiger partial charge < -0.3 is 10.2 Å². The smallest absolute Gasteiger partial charge is 0.223 e. The first-order valence-electron chi connectivity index (χ1n) is 8.48. The Balaban J connectivity index is 1.55. The molecule has 0 radical (unpaired) electrons. The average Bonchev–Trinajstić information content (AvgIpc) is 2.96. The minimum Gasteiger partial charge on any atom is -0.335 e. The summed E-state index contributed by atoms with van der Waals surface area (Å²) in [5.41, 5.74) is 0.916. The van der Waals surface area contributed by atoms with Crippen LogP contribution in [0.2, 0.25) is 0 Å². The summed E-state index contributed by atoms with van der Waals surface area (Å²) in [6, 6.07) is 9.53. The number of halogens is 2. The third-order valence-electron chi connectivity index (χ3n) is 4.53. The Morgan fingerprint density at radius 3 is 2.68 bits per heavy atom. The lowest BCUT2D eigenvalue weighted by atomic mass is 10.1. The van der Waals surface area contributed by atoms with Gasteiger partial charge in [0, 0.05) is 30.8 Å². The van der Waals surface area contributed by atoms with Crippen molar-refractivity contribution in [3.05, 3.63) is 65.5 Å². The molecule has 4 nitrogen and oxygen atoms in total. The highest BCUT2D eigenvalue weighted by Gasteiger charge is 2.31. The molecule has 0 saturated carbocycles. The summed E-state index contributed by atoms with van der Waals surface area (Å²) in [5.74, 6) is -1.25. The van der Waals surface area contributed by atoms with Crippen molar-refractivity contribution < 1.29 is 13.6 Å². The van der Waals surface area contributed by atoms with Gasteiger partial charge >= 0.3 is 0 Å². The van der Waals surface area contributed by atoms with Crippen molar-refractivity contribution >= 4 is 5.91 Å². The van der Waals surface area contributed by atoms with Crippen LogP contribution in [0.5, 0.6) is 0 Å². The molecule has 1 aliphatic rings. The van der Waals surface area contributed by atoms with Crippen LogP contribution < -0.4 is 5.32 Å². The van der Waals surface area contributed by atoms with E-state index in [9.17, 15) is 13.6 Å². The number of likely N-dealkylation sites (tertiary alicyclic amines) is 1. The van der Waals surface area contributed by atoms with Gasteiger partial charge in [0.1, 0.15) is 11.6 Å². The van der Waals surface area contributed by atoms with Gasteiger partial charge in [0.15, 0.2) is 0 Å². The van der Waals surface area contributed by atoms with Crippen LogP contribution in [-0.4, -0.2) is 28.4 Å². The Kier molecular flexibility index (Phi) is 5.71. The van der Waals surface area contributed by atoms with E-state index >= 15 is 0 Å². The molecule has 3 rings (SSSR count). The van der Waals surface area contributed by atoms with E-state index in [1.54, 1.807) is 11.1 Å². The van der Waals surface area contributed by atoms with E-state index in [0.717, 1.165) is 18.5 Å². The Morgan fingerprint density at radius 1 is 1.16 bits per heavy atom. The number of hydrogen-bond donors (Lipinski definition) is 1. The van der Waals surface area contributed by atoms with Crippen molar-refractivity contribution in [1.82, 2.24) is 15.2 Å². The van der Waals surface area contributed by atoms with Crippen LogP contribution in [0.4, 0.5) is 8.78 Å². The van der Waals surface area contributed by atoms with Crippen LogP contribution in [-0.2, 0) is 17.9 Å². The van der Waals surface area contributed by atoms with Gasteiger partial charge in [-0.3, -0.25) is 9.78 Å². The van der Waals surface area contributed by atoms with E-state index in [-0.39, 0.29) is 24.1 Å². The van der Waals surface area contributed by atoms with E-state index in [1.807, 2.05) is 18.2 Å². The number of carbonyl (C=O) groups excluding carboxylic acids is 1. The van der Waals surface area contributed by atoms with Gasteiger partial charge in [-0.1, -0.05) is 12.1 Å². The number of benzene rings is 1. The van der Waals surface area contributed by atoms with Gasteiger partial charge in [-0.05, 0) is 43.7 Å². The molecule has 132 valence electrons. The normalized spacial score (nSPS) is 17.3. The van der Waals surface area contributed by atoms with Crippen molar-refractivity contribution in [2.75, 3.05) is 6.54 Å². The Labute approximate surface area is 145 Å². The minimum absolute atomic E-state index is 0.00254. The maximum atomic E-state index is 13.9. The number of amides is 1. The van der Waals surface area contributed by atoms with Gasteiger partial charge in [-0.25, -0.2) is 8.78 Å². The van der Waals surface area contributed by atoms with E-state index in [4.69, 9.17) is 0 Å². The highest BCUT2D eigenvalue weighted by molar-refractivity contribution is 5.78. The second-order valence-electron chi connectivity index (χ2n) is 6.20. The topological polar surface area (TPSA) is 45.2 Å². The predicted octanol–water partition coefficient (Wildman–Crippen LogP) is 3.03. The van der Waals surface area contributed by atoms with E-state index in [0.29, 0.717) is 19.5 Å². The standard InChI is InChI=1S/C19H21F2N3O/c20-17-5-3-6-18(21)16(17)13-24-15(7-8-19(24)25)9-11-22-12-14-4-1-2-10-23-14/h1-6,10,15,22H,7-9,11-13H2. The van der Waals surface area contributed by atoms with E-state index in [2.05, 4.69) is 10.3 Å². The van der Waals surface area contributed by atoms with Gasteiger partial charge in [0.2, 0.25) is 5.91 Å². The maximum absolute atomic E-state index is 13.9. The van der Waals surface area contributed by atoms with Crippen LogP contribution in [0.25, 0.3) is 0 Å². The molecule has 0 aliphatic carbocycles. The number of nitrogens with zero attached hydrogens (tertiary/aromatic N) is 2. The zero-order valence-electron chi connectivity index (χ0n) is 13.9. The van der Waals surface area contributed by atoms with Gasteiger partial charge in [0.05, 0.1) is 12.2 Å². The SMILES string of the molecule is O=C1CCC(CCNCc2ccccn2)N1Cc1c(F)cccc1F. The van der Waals surface area contributed by atoms with Crippen molar-refractivity contribution in [2.24, 2.45) is 0 Å². The summed E-state index contributed by atoms with van der Waals surface area (Å²) in [5, 5.41) is 3.30. The molecule has 1 N–H and O–H groups in total. The van der Waals surface area contributed by atoms with Crippen LogP contribution in [0.15, 0.2) is 42.6 Å². The van der Waals surface area contributed by atoms with Crippen LogP contribution in [0, 0.1) is 11.6 Å². The monoisotopic (exact) mass is 345 g/mol. The predicted molar refractivity (Wildman–Crippen MR) is 90.5 cm³/mol. The van der Waals surface area contributed by atoms with Crippen molar-refractivity contribution in [2.45, 2.75) is 38.4 Å². The molecule has 1 atom stereocenters. The molecule has 25 heavy (non-hydrogen) atoms. The molecule has 1 aromatic carbocycles. The fourth-order valence-corrected chi connectivity index (χ4v) is 3.15. The molecule has 2 heterocycles. The third-order valence-corrected chi connectivity index (χ3v) is 4.53. The Bertz CT molecular complexity index is 704. The van der Waals surface area contributed by atoms with E-state index in [1.165, 1.54) is 18.2 Å². The first kappa shape index (κ1) is 17.5. The molecule has 1 aromatic heterocycles. The lowest BCUT2D eigenvalue weighted by Crippen LogP contribution is -2.35. The summed E-state index contributed by atoms with van der Waals surface area (Å²) >= 11 is 0. The number of rotatable bonds is 7. The largest absolute Gasteiger partial charge is 0.335 e. The van der Waals surface area contributed by atoms with Gasteiger partial charge in [0.25, 0.3) is 0 Å². The minimum atomic E-state index is -0.605. The lowest BCUT2D eigenvalue weighted by molar-refractivity contribution is -0.129. The van der Waals surface area contributed by atoms with Gasteiger partial charge in [-0.2, -0.15) is 0 Å². The molecular weight excluding hydrogens is 324 g/mol. The van der Waals surface area contributed by atoms with Crippen molar-refractivity contribution in [3.8, 4) is 0 Å². The molecule has 0 spiro atoms. The summed E-state index contributed by atoms with van der Waals surface area (Å²) in [6.07, 6.45) is 3.65. The fourth-order valence-electron chi connectivity index (χ4n) is 3.15. The molecular formula is C19H21F2N3O. The molecule has 1 aliphatic heterocycles. The van der Waals surface area contributed by atoms with Crippen molar-refractivity contribution in [3.63, 3.8) is 0 Å². The molecule has 0 bridgehead atoms. The van der Waals surface area contributed by atoms with Crippen LogP contribution in [0.3, 0.4) is 0 Å². The van der Waals surface area contributed by atoms with Crippen molar-refractivity contribution in [1.29, 1.82) is 0 Å². The quantitative estimate of drug-likeness (QED) is 0.785. The molecule has 6 heteroatoms. The summed E-state index contributed by atoms with van der Waals surface area (Å²) in [6.45, 7) is 1.36. The van der Waals surface area contributed by atoms with E-state index < -0.39 is 11.6 Å². The van der Waals surface area contributed by atoms with Gasteiger partial charge in [-0.15, -0.1) is 0 Å². The molecule has 2 aromatic rings. The molecule has 1 fully saturated rings. The fraction of sp³-hybridized carbons (Fsp3) is 0.368. The lowest BCUT2D eigenvalue weighted by Gasteiger charge is -2.25. The maximum Gasteiger partial charge on any atom is 0.223 e. The summed E-state index contributed by atoms with van der Waals surface area (Å²) in [7, 11) is 0. The van der Waals surface area contributed by atoms with Crippen LogP contribution >= 0.6 is 0 Å². The number of hydrogen-bond acceptors (Lipinski definition) is 3. The highest BCUT2D eigenvalue weighted by Crippen LogP contribution is 2.25. The Hall–Kier alpha value is -2.34. The first-order valence-corrected chi connectivity index (χ1v) is 8.48. The zero-order chi connectivity index (χ0) is 17.6. The number of nitrogens with one attached hydrogen (secondary N) is 1. The summed E-state index contributed by atoms with van der Waals surface area (Å²) in [4.78, 5) is 18.0. The number of pyridine rings is 1. The number of carbonyl (C=O) groups is 1. The highest BCUT2D eigenvalue weighted by atomic mass is 19.1. The van der Waals surface area contributed by atoms with Crippen LogP contribution in [0.1, 0.15) is 30.5 Å².